The number of carbonyl (C=O) groups excluding carboxylic acids is 1. The molecule has 0 bridgehead atoms. The van der Waals surface area contributed by atoms with E-state index in [-0.39, 0.29) is 12.5 Å². The summed E-state index contributed by atoms with van der Waals surface area (Å²) in [6, 6.07) is -0.619. The first-order chi connectivity index (χ1) is 35.7. The second kappa shape index (κ2) is 64.4. The summed E-state index contributed by atoms with van der Waals surface area (Å²) >= 11 is 0. The average Bonchev–Trinajstić information content (AvgIpc) is 3.39. The molecule has 0 aliphatic rings. The van der Waals surface area contributed by atoms with Crippen molar-refractivity contribution in [1.29, 1.82) is 0 Å². The van der Waals surface area contributed by atoms with Gasteiger partial charge in [-0.3, -0.25) is 4.79 Å². The van der Waals surface area contributed by atoms with Gasteiger partial charge in [0.2, 0.25) is 5.91 Å². The molecule has 72 heavy (non-hydrogen) atoms. The zero-order valence-electron chi connectivity index (χ0n) is 49.7. The lowest BCUT2D eigenvalue weighted by Crippen LogP contribution is -2.45. The Hall–Kier alpha value is -0.870. The summed E-state index contributed by atoms with van der Waals surface area (Å²) in [5.74, 6) is -0.0538. The predicted octanol–water partition coefficient (Wildman–Crippen LogP) is 22.8. The third-order valence-corrected chi connectivity index (χ3v) is 16.3. The van der Waals surface area contributed by atoms with Crippen LogP contribution in [-0.4, -0.2) is 34.9 Å². The van der Waals surface area contributed by atoms with E-state index in [4.69, 9.17) is 0 Å². The smallest absolute Gasteiger partial charge is 0.220 e. The number of unbranched alkanes of at least 4 members (excludes halogenated alkanes) is 57. The molecule has 1 amide bonds. The van der Waals surface area contributed by atoms with Gasteiger partial charge in [-0.15, -0.1) is 0 Å². The van der Waals surface area contributed by atoms with Crippen LogP contribution < -0.4 is 5.32 Å². The van der Waals surface area contributed by atoms with Crippen molar-refractivity contribution in [2.75, 3.05) is 6.61 Å². The Kier molecular flexibility index (Phi) is 63.6. The fourth-order valence-corrected chi connectivity index (χ4v) is 11.1. The van der Waals surface area contributed by atoms with Gasteiger partial charge in [0.05, 0.1) is 18.8 Å². The van der Waals surface area contributed by atoms with E-state index < -0.39 is 12.1 Å². The molecule has 3 N–H and O–H groups in total. The lowest BCUT2D eigenvalue weighted by atomic mass is 10.0. The third-order valence-electron chi connectivity index (χ3n) is 16.3. The molecule has 4 nitrogen and oxygen atoms in total. The SMILES string of the molecule is CCCCCCCCCCCCCCCCCCCCC/C=C/C(O)C(CO)NC(=O)CCCCCCCCCCCCCCCCCCCCCCCCCCCCCCCCCCCCCCCCC. The molecule has 2 unspecified atom stereocenters. The normalized spacial score (nSPS) is 12.7. The molecule has 0 saturated carbocycles. The molecule has 0 aromatic heterocycles. The summed E-state index contributed by atoms with van der Waals surface area (Å²) in [6.45, 7) is 4.36. The Morgan fingerprint density at radius 3 is 0.722 bits per heavy atom. The molecule has 430 valence electrons. The quantitative estimate of drug-likeness (QED) is 0.0420. The number of allylic oxidation sites excluding steroid dienone is 1. The van der Waals surface area contributed by atoms with Gasteiger partial charge in [0.15, 0.2) is 0 Å². The van der Waals surface area contributed by atoms with Crippen LogP contribution in [0.1, 0.15) is 399 Å². The first-order valence-electron chi connectivity index (χ1n) is 33.9. The van der Waals surface area contributed by atoms with Crippen molar-refractivity contribution < 1.29 is 15.0 Å². The number of hydrogen-bond donors (Lipinski definition) is 3. The van der Waals surface area contributed by atoms with Crippen molar-refractivity contribution in [3.8, 4) is 0 Å². The molecular formula is C68H135NO3. The summed E-state index contributed by atoms with van der Waals surface area (Å²) in [7, 11) is 0. The predicted molar refractivity (Wildman–Crippen MR) is 323 cm³/mol. The molecule has 0 aliphatic heterocycles. The minimum Gasteiger partial charge on any atom is -0.394 e. The maximum atomic E-state index is 12.5. The molecule has 0 fully saturated rings. The van der Waals surface area contributed by atoms with Crippen LogP contribution in [0, 0.1) is 0 Å². The highest BCUT2D eigenvalue weighted by Gasteiger charge is 2.18. The molecule has 0 rings (SSSR count). The fourth-order valence-electron chi connectivity index (χ4n) is 11.1. The minimum atomic E-state index is -0.836. The maximum absolute atomic E-state index is 12.5. The Balaban J connectivity index is 3.36. The van der Waals surface area contributed by atoms with E-state index in [1.165, 1.54) is 353 Å². The average molecular weight is 1010 g/mol. The molecule has 0 spiro atoms. The first-order valence-corrected chi connectivity index (χ1v) is 33.9. The lowest BCUT2D eigenvalue weighted by molar-refractivity contribution is -0.123. The second-order valence-corrected chi connectivity index (χ2v) is 23.6. The Labute approximate surface area is 454 Å². The minimum absolute atomic E-state index is 0.0538. The largest absolute Gasteiger partial charge is 0.394 e. The number of carbonyl (C=O) groups is 1. The van der Waals surface area contributed by atoms with Gasteiger partial charge in [0, 0.05) is 6.42 Å². The summed E-state index contributed by atoms with van der Waals surface area (Å²) in [6.07, 6.45) is 85.9. The van der Waals surface area contributed by atoms with Gasteiger partial charge in [-0.2, -0.15) is 0 Å². The van der Waals surface area contributed by atoms with E-state index in [0.717, 1.165) is 25.7 Å². The molecular weight excluding hydrogens is 879 g/mol. The Morgan fingerprint density at radius 2 is 0.514 bits per heavy atom. The van der Waals surface area contributed by atoms with Gasteiger partial charge < -0.3 is 15.5 Å². The molecule has 0 aromatic carbocycles. The van der Waals surface area contributed by atoms with Crippen LogP contribution in [0.5, 0.6) is 0 Å². The van der Waals surface area contributed by atoms with Crippen LogP contribution in [-0.2, 0) is 4.79 Å². The van der Waals surface area contributed by atoms with Gasteiger partial charge in [-0.05, 0) is 19.3 Å². The van der Waals surface area contributed by atoms with Gasteiger partial charge in [0.1, 0.15) is 0 Å². The molecule has 0 saturated heterocycles. The highest BCUT2D eigenvalue weighted by atomic mass is 16.3. The van der Waals surface area contributed by atoms with Crippen molar-refractivity contribution in [1.82, 2.24) is 5.32 Å². The summed E-state index contributed by atoms with van der Waals surface area (Å²) in [4.78, 5) is 12.5. The maximum Gasteiger partial charge on any atom is 0.220 e. The number of amides is 1. The summed E-state index contributed by atoms with van der Waals surface area (Å²) in [5.41, 5.74) is 0. The number of nitrogens with one attached hydrogen (secondary N) is 1. The van der Waals surface area contributed by atoms with Crippen molar-refractivity contribution in [2.45, 2.75) is 411 Å². The van der Waals surface area contributed by atoms with Crippen molar-refractivity contribution >= 4 is 5.91 Å². The number of rotatable bonds is 64. The monoisotopic (exact) mass is 1010 g/mol. The molecule has 0 radical (unpaired) electrons. The first kappa shape index (κ1) is 71.1. The van der Waals surface area contributed by atoms with Crippen molar-refractivity contribution in [2.24, 2.45) is 0 Å². The van der Waals surface area contributed by atoms with Crippen LogP contribution in [0.2, 0.25) is 0 Å². The van der Waals surface area contributed by atoms with Crippen LogP contribution in [0.25, 0.3) is 0 Å². The zero-order chi connectivity index (χ0) is 52.0. The van der Waals surface area contributed by atoms with Crippen molar-refractivity contribution in [3.63, 3.8) is 0 Å². The standard InChI is InChI=1S/C68H135NO3/c1-3-5-7-9-11-13-15-17-19-21-23-25-26-27-28-29-30-31-32-33-34-35-36-37-38-39-40-41-42-44-46-48-50-52-54-56-58-60-62-64-68(72)69-66(65-70)67(71)63-61-59-57-55-53-51-49-47-45-43-24-22-20-18-16-14-12-10-8-6-4-2/h61,63,66-67,70-71H,3-60,62,64-65H2,1-2H3,(H,69,72)/b63-61+. The van der Waals surface area contributed by atoms with Crippen LogP contribution in [0.3, 0.4) is 0 Å². The van der Waals surface area contributed by atoms with E-state index in [1.54, 1.807) is 6.08 Å². The third kappa shape index (κ3) is 60.0. The van der Waals surface area contributed by atoms with Gasteiger partial charge >= 0.3 is 0 Å². The fraction of sp³-hybridized carbons (Fsp3) is 0.956. The number of hydrogen-bond acceptors (Lipinski definition) is 3. The zero-order valence-corrected chi connectivity index (χ0v) is 49.7. The van der Waals surface area contributed by atoms with Crippen LogP contribution in [0.4, 0.5) is 0 Å². The van der Waals surface area contributed by atoms with E-state index in [1.807, 2.05) is 6.08 Å². The van der Waals surface area contributed by atoms with Gasteiger partial charge in [-0.25, -0.2) is 0 Å². The second-order valence-electron chi connectivity index (χ2n) is 23.6. The molecule has 4 heteroatoms. The molecule has 0 heterocycles. The van der Waals surface area contributed by atoms with E-state index >= 15 is 0 Å². The molecule has 2 atom stereocenters. The topological polar surface area (TPSA) is 69.6 Å². The molecule has 0 aromatic rings. The van der Waals surface area contributed by atoms with Gasteiger partial charge in [-0.1, -0.05) is 386 Å². The lowest BCUT2D eigenvalue weighted by Gasteiger charge is -2.20. The summed E-state index contributed by atoms with van der Waals surface area (Å²) in [5, 5.41) is 23.2. The highest BCUT2D eigenvalue weighted by molar-refractivity contribution is 5.76. The molecule has 0 aliphatic carbocycles. The van der Waals surface area contributed by atoms with Gasteiger partial charge in [0.25, 0.3) is 0 Å². The van der Waals surface area contributed by atoms with E-state index in [2.05, 4.69) is 19.2 Å². The number of aliphatic hydroxyl groups is 2. The highest BCUT2D eigenvalue weighted by Crippen LogP contribution is 2.19. The van der Waals surface area contributed by atoms with E-state index in [9.17, 15) is 15.0 Å². The van der Waals surface area contributed by atoms with E-state index in [0.29, 0.717) is 6.42 Å². The van der Waals surface area contributed by atoms with Crippen LogP contribution in [0.15, 0.2) is 12.2 Å². The number of aliphatic hydroxyl groups excluding tert-OH is 2. The Morgan fingerprint density at radius 1 is 0.319 bits per heavy atom. The van der Waals surface area contributed by atoms with Crippen LogP contribution >= 0.6 is 0 Å². The van der Waals surface area contributed by atoms with Crippen molar-refractivity contribution in [3.05, 3.63) is 12.2 Å². The summed E-state index contributed by atoms with van der Waals surface area (Å²) < 4.78 is 0. The Bertz CT molecular complexity index is 1010.